The van der Waals surface area contributed by atoms with Gasteiger partial charge in [0.2, 0.25) is 0 Å². The summed E-state index contributed by atoms with van der Waals surface area (Å²) >= 11 is 0. The maximum absolute atomic E-state index is 12.0. The summed E-state index contributed by atoms with van der Waals surface area (Å²) in [6.07, 6.45) is 1.39. The summed E-state index contributed by atoms with van der Waals surface area (Å²) in [5.74, 6) is -0.0379. The number of nitrogens with zero attached hydrogens (tertiary/aromatic N) is 2. The topological polar surface area (TPSA) is 89.3 Å². The average molecular weight is 308 g/mol. The second-order valence-corrected chi connectivity index (χ2v) is 7.81. The van der Waals surface area contributed by atoms with Crippen LogP contribution >= 0.6 is 0 Å². The Kier molecular flexibility index (Phi) is 3.24. The largest absolute Gasteiger partial charge is 0.478 e. The second-order valence-electron chi connectivity index (χ2n) is 5.41. The Balaban J connectivity index is 2.03. The summed E-state index contributed by atoms with van der Waals surface area (Å²) in [4.78, 5) is 15.3. The van der Waals surface area contributed by atoms with Gasteiger partial charge in [-0.1, -0.05) is 0 Å². The molecule has 7 heteroatoms. The van der Waals surface area contributed by atoms with Crippen LogP contribution in [0.4, 0.5) is 0 Å². The van der Waals surface area contributed by atoms with Crippen molar-refractivity contribution < 1.29 is 18.3 Å². The molecule has 112 valence electrons. The number of carboxylic acids is 1. The molecule has 0 saturated carbocycles. The van der Waals surface area contributed by atoms with E-state index in [4.69, 9.17) is 5.11 Å². The first-order valence-electron chi connectivity index (χ1n) is 6.80. The number of imidazole rings is 1. The van der Waals surface area contributed by atoms with Crippen molar-refractivity contribution in [3.8, 4) is 0 Å². The van der Waals surface area contributed by atoms with Gasteiger partial charge in [-0.05, 0) is 38.0 Å². The molecule has 1 unspecified atom stereocenters. The molecule has 1 atom stereocenters. The number of rotatable bonds is 3. The van der Waals surface area contributed by atoms with Gasteiger partial charge in [-0.15, -0.1) is 0 Å². The van der Waals surface area contributed by atoms with Gasteiger partial charge in [0, 0.05) is 6.54 Å². The lowest BCUT2D eigenvalue weighted by molar-refractivity contribution is 0.0697. The van der Waals surface area contributed by atoms with E-state index in [1.54, 1.807) is 6.07 Å². The predicted molar refractivity (Wildman–Crippen MR) is 78.2 cm³/mol. The van der Waals surface area contributed by atoms with E-state index in [-0.39, 0.29) is 16.6 Å². The summed E-state index contributed by atoms with van der Waals surface area (Å²) in [5, 5.41) is 8.64. The van der Waals surface area contributed by atoms with E-state index in [9.17, 15) is 13.2 Å². The van der Waals surface area contributed by atoms with Gasteiger partial charge in [0.05, 0.1) is 27.6 Å². The number of aromatic nitrogens is 2. The molecule has 1 aliphatic rings. The zero-order valence-corrected chi connectivity index (χ0v) is 12.4. The fraction of sp³-hybridized carbons (Fsp3) is 0.429. The van der Waals surface area contributed by atoms with Crippen molar-refractivity contribution in [2.75, 3.05) is 5.75 Å². The molecule has 0 amide bonds. The van der Waals surface area contributed by atoms with E-state index in [1.807, 2.05) is 11.5 Å². The van der Waals surface area contributed by atoms with E-state index in [2.05, 4.69) is 4.98 Å². The summed E-state index contributed by atoms with van der Waals surface area (Å²) < 4.78 is 25.8. The Labute approximate surface area is 122 Å². The number of carboxylic acid groups (broad SMARTS) is 1. The molecule has 0 bridgehead atoms. The monoisotopic (exact) mass is 308 g/mol. The number of benzene rings is 1. The minimum absolute atomic E-state index is 0.181. The molecule has 0 radical (unpaired) electrons. The lowest BCUT2D eigenvalue weighted by atomic mass is 10.2. The summed E-state index contributed by atoms with van der Waals surface area (Å²) in [6, 6.07) is 4.73. The Morgan fingerprint density at radius 2 is 2.24 bits per heavy atom. The van der Waals surface area contributed by atoms with Crippen LogP contribution in [0, 0.1) is 6.92 Å². The number of hydrogen-bond acceptors (Lipinski definition) is 4. The van der Waals surface area contributed by atoms with E-state index >= 15 is 0 Å². The number of hydrogen-bond donors (Lipinski definition) is 1. The Bertz CT molecular complexity index is 823. The number of aromatic carboxylic acids is 1. The quantitative estimate of drug-likeness (QED) is 0.930. The van der Waals surface area contributed by atoms with Crippen molar-refractivity contribution >= 4 is 26.8 Å². The third kappa shape index (κ3) is 2.42. The molecule has 1 aromatic heterocycles. The Morgan fingerprint density at radius 1 is 1.48 bits per heavy atom. The smallest absolute Gasteiger partial charge is 0.335 e. The molecule has 1 saturated heterocycles. The second kappa shape index (κ2) is 4.84. The van der Waals surface area contributed by atoms with Crippen LogP contribution < -0.4 is 0 Å². The van der Waals surface area contributed by atoms with Crippen molar-refractivity contribution in [1.82, 2.24) is 9.55 Å². The van der Waals surface area contributed by atoms with Gasteiger partial charge >= 0.3 is 5.97 Å². The highest BCUT2D eigenvalue weighted by Gasteiger charge is 2.32. The van der Waals surface area contributed by atoms with E-state index in [1.165, 1.54) is 12.1 Å². The van der Waals surface area contributed by atoms with Gasteiger partial charge in [-0.2, -0.15) is 0 Å². The molecule has 2 heterocycles. The minimum atomic E-state index is -3.01. The SMILES string of the molecule is Cc1nc2cc(C(=O)O)ccc2n1CC1CCCS1(=O)=O. The zero-order chi connectivity index (χ0) is 15.2. The van der Waals surface area contributed by atoms with Crippen LogP contribution in [0.2, 0.25) is 0 Å². The van der Waals surface area contributed by atoms with Gasteiger partial charge in [0.15, 0.2) is 9.84 Å². The van der Waals surface area contributed by atoms with Crippen LogP contribution in [-0.2, 0) is 16.4 Å². The average Bonchev–Trinajstić information content (AvgIpc) is 2.90. The Morgan fingerprint density at radius 3 is 2.86 bits per heavy atom. The van der Waals surface area contributed by atoms with Crippen molar-refractivity contribution in [3.05, 3.63) is 29.6 Å². The van der Waals surface area contributed by atoms with E-state index in [0.29, 0.717) is 30.7 Å². The Hall–Kier alpha value is -1.89. The highest BCUT2D eigenvalue weighted by Crippen LogP contribution is 2.25. The van der Waals surface area contributed by atoms with Gasteiger partial charge in [0.1, 0.15) is 5.82 Å². The van der Waals surface area contributed by atoms with Crippen LogP contribution in [0.15, 0.2) is 18.2 Å². The van der Waals surface area contributed by atoms with Crippen molar-refractivity contribution in [3.63, 3.8) is 0 Å². The molecule has 0 spiro atoms. The zero-order valence-electron chi connectivity index (χ0n) is 11.6. The molecule has 1 N–H and O–H groups in total. The predicted octanol–water partition coefficient (Wildman–Crippen LogP) is 1.62. The molecule has 1 fully saturated rings. The van der Waals surface area contributed by atoms with Crippen molar-refractivity contribution in [1.29, 1.82) is 0 Å². The normalized spacial score (nSPS) is 20.9. The van der Waals surface area contributed by atoms with Crippen LogP contribution in [-0.4, -0.2) is 40.0 Å². The minimum Gasteiger partial charge on any atom is -0.478 e. The highest BCUT2D eigenvalue weighted by atomic mass is 32.2. The van der Waals surface area contributed by atoms with Gasteiger partial charge in [0.25, 0.3) is 0 Å². The van der Waals surface area contributed by atoms with Crippen LogP contribution in [0.25, 0.3) is 11.0 Å². The first kappa shape index (κ1) is 14.1. The molecule has 1 aromatic carbocycles. The summed E-state index contributed by atoms with van der Waals surface area (Å²) in [6.45, 7) is 2.19. The highest BCUT2D eigenvalue weighted by molar-refractivity contribution is 7.92. The first-order chi connectivity index (χ1) is 9.88. The van der Waals surface area contributed by atoms with Gasteiger partial charge in [-0.3, -0.25) is 0 Å². The van der Waals surface area contributed by atoms with Crippen LogP contribution in [0.5, 0.6) is 0 Å². The fourth-order valence-electron chi connectivity index (χ4n) is 2.88. The lowest BCUT2D eigenvalue weighted by Gasteiger charge is -2.12. The van der Waals surface area contributed by atoms with Gasteiger partial charge in [-0.25, -0.2) is 18.2 Å². The molecular formula is C14H16N2O4S. The lowest BCUT2D eigenvalue weighted by Crippen LogP contribution is -2.22. The summed E-state index contributed by atoms with van der Waals surface area (Å²) in [7, 11) is -3.01. The number of sulfone groups is 1. The van der Waals surface area contributed by atoms with Crippen molar-refractivity contribution in [2.45, 2.75) is 31.6 Å². The molecule has 2 aromatic rings. The van der Waals surface area contributed by atoms with Gasteiger partial charge < -0.3 is 9.67 Å². The standard InChI is InChI=1S/C14H16N2O4S/c1-9-15-12-7-10(14(17)18)4-5-13(12)16(9)8-11-3-2-6-21(11,19)20/h4-5,7,11H,2-3,6,8H2,1H3,(H,17,18). The fourth-order valence-corrected chi connectivity index (χ4v) is 4.68. The number of aryl methyl sites for hydroxylation is 1. The molecular weight excluding hydrogens is 292 g/mol. The third-order valence-electron chi connectivity index (χ3n) is 4.04. The van der Waals surface area contributed by atoms with E-state index < -0.39 is 15.8 Å². The van der Waals surface area contributed by atoms with E-state index in [0.717, 1.165) is 5.52 Å². The molecule has 6 nitrogen and oxygen atoms in total. The van der Waals surface area contributed by atoms with Crippen molar-refractivity contribution in [2.24, 2.45) is 0 Å². The maximum Gasteiger partial charge on any atom is 0.335 e. The molecule has 21 heavy (non-hydrogen) atoms. The van der Waals surface area contributed by atoms with Crippen LogP contribution in [0.1, 0.15) is 29.0 Å². The maximum atomic E-state index is 12.0. The molecule has 1 aliphatic heterocycles. The molecule has 0 aliphatic carbocycles. The number of carbonyl (C=O) groups is 1. The molecule has 3 rings (SSSR count). The number of fused-ring (bicyclic) bond motifs is 1. The summed E-state index contributed by atoms with van der Waals surface area (Å²) in [5.41, 5.74) is 1.54. The first-order valence-corrected chi connectivity index (χ1v) is 8.52. The third-order valence-corrected chi connectivity index (χ3v) is 6.29. The van der Waals surface area contributed by atoms with Crippen LogP contribution in [0.3, 0.4) is 0 Å².